The van der Waals surface area contributed by atoms with E-state index in [4.69, 9.17) is 0 Å². The molecule has 0 saturated carbocycles. The molecule has 36 heavy (non-hydrogen) atoms. The van der Waals surface area contributed by atoms with Crippen LogP contribution in [0.1, 0.15) is 5.56 Å². The molecule has 0 bridgehead atoms. The molecule has 2 N–H and O–H groups in total. The van der Waals surface area contributed by atoms with Crippen molar-refractivity contribution in [1.82, 2.24) is 5.43 Å². The first-order chi connectivity index (χ1) is 17.3. The topological polar surface area (TPSA) is 142 Å². The third kappa shape index (κ3) is 5.15. The number of nitrogens with one attached hydrogen (secondary N) is 1. The lowest BCUT2D eigenvalue weighted by Crippen LogP contribution is -2.39. The Kier molecular flexibility index (Phi) is 6.93. The van der Waals surface area contributed by atoms with Crippen LogP contribution in [-0.2, 0) is 14.8 Å². The van der Waals surface area contributed by atoms with Gasteiger partial charge >= 0.3 is 0 Å². The molecule has 11 heteroatoms. The maximum absolute atomic E-state index is 13.3. The van der Waals surface area contributed by atoms with E-state index < -0.39 is 27.4 Å². The maximum atomic E-state index is 13.3. The van der Waals surface area contributed by atoms with Gasteiger partial charge in [-0.2, -0.15) is 5.10 Å². The molecule has 4 rings (SSSR count). The van der Waals surface area contributed by atoms with Crippen LogP contribution in [-0.4, -0.2) is 37.1 Å². The zero-order chi connectivity index (χ0) is 25.7. The first kappa shape index (κ1) is 24.4. The number of nitro groups is 1. The molecule has 4 aromatic carbocycles. The van der Waals surface area contributed by atoms with Gasteiger partial charge in [-0.15, -0.1) is 0 Å². The Morgan fingerprint density at radius 1 is 0.972 bits per heavy atom. The highest BCUT2D eigenvalue weighted by atomic mass is 32.2. The van der Waals surface area contributed by atoms with Crippen molar-refractivity contribution in [3.8, 4) is 5.75 Å². The molecule has 0 fully saturated rings. The van der Waals surface area contributed by atoms with Crippen molar-refractivity contribution in [2.75, 3.05) is 10.8 Å². The van der Waals surface area contributed by atoms with Gasteiger partial charge < -0.3 is 5.11 Å². The number of hydrogen-bond donors (Lipinski definition) is 2. The SMILES string of the molecule is O=C(CN(c1ccc([N+](=O)[O-])cc1)S(=O)(=O)c1ccccc1)N/N=C\c1c(O)ccc2ccccc12. The van der Waals surface area contributed by atoms with E-state index in [1.54, 1.807) is 36.4 Å². The van der Waals surface area contributed by atoms with Crippen molar-refractivity contribution < 1.29 is 23.2 Å². The van der Waals surface area contributed by atoms with Crippen LogP contribution in [0.4, 0.5) is 11.4 Å². The highest BCUT2D eigenvalue weighted by Crippen LogP contribution is 2.27. The number of fused-ring (bicyclic) bond motifs is 1. The van der Waals surface area contributed by atoms with Crippen molar-refractivity contribution in [3.05, 3.63) is 107 Å². The molecule has 1 amide bonds. The van der Waals surface area contributed by atoms with Gasteiger partial charge in [0.05, 0.1) is 21.7 Å². The van der Waals surface area contributed by atoms with Crippen LogP contribution < -0.4 is 9.73 Å². The van der Waals surface area contributed by atoms with Crippen molar-refractivity contribution in [2.24, 2.45) is 5.10 Å². The molecular weight excluding hydrogens is 484 g/mol. The average molecular weight is 505 g/mol. The van der Waals surface area contributed by atoms with Gasteiger partial charge in [0.2, 0.25) is 0 Å². The summed E-state index contributed by atoms with van der Waals surface area (Å²) in [5, 5.41) is 26.7. The van der Waals surface area contributed by atoms with Crippen LogP contribution in [0.25, 0.3) is 10.8 Å². The number of non-ortho nitro benzene ring substituents is 1. The van der Waals surface area contributed by atoms with E-state index in [1.807, 2.05) is 12.1 Å². The summed E-state index contributed by atoms with van der Waals surface area (Å²) >= 11 is 0. The summed E-state index contributed by atoms with van der Waals surface area (Å²) in [4.78, 5) is 23.0. The number of phenols is 1. The zero-order valence-electron chi connectivity index (χ0n) is 18.7. The van der Waals surface area contributed by atoms with Gasteiger partial charge in [-0.3, -0.25) is 19.2 Å². The average Bonchev–Trinajstić information content (AvgIpc) is 2.89. The predicted octanol–water partition coefficient (Wildman–Crippen LogP) is 3.80. The van der Waals surface area contributed by atoms with E-state index in [0.29, 0.717) is 5.56 Å². The molecule has 0 aliphatic carbocycles. The summed E-state index contributed by atoms with van der Waals surface area (Å²) < 4.78 is 27.5. The van der Waals surface area contributed by atoms with E-state index in [2.05, 4.69) is 10.5 Å². The number of hydrazone groups is 1. The summed E-state index contributed by atoms with van der Waals surface area (Å²) in [5.74, 6) is -0.797. The number of hydrogen-bond acceptors (Lipinski definition) is 7. The van der Waals surface area contributed by atoms with Crippen LogP contribution >= 0.6 is 0 Å². The van der Waals surface area contributed by atoms with Gasteiger partial charge in [0.25, 0.3) is 21.6 Å². The van der Waals surface area contributed by atoms with Gasteiger partial charge in [-0.1, -0.05) is 48.5 Å². The van der Waals surface area contributed by atoms with Crippen LogP contribution in [0.3, 0.4) is 0 Å². The number of nitro benzene ring substituents is 1. The zero-order valence-corrected chi connectivity index (χ0v) is 19.5. The number of nitrogens with zero attached hydrogens (tertiary/aromatic N) is 3. The van der Waals surface area contributed by atoms with E-state index in [1.165, 1.54) is 36.5 Å². The number of phenolic OH excluding ortho intramolecular Hbond substituents is 1. The molecular formula is C25H20N4O6S. The minimum Gasteiger partial charge on any atom is -0.507 e. The Labute approximate surface area is 206 Å². The molecule has 0 atom stereocenters. The first-order valence-electron chi connectivity index (χ1n) is 10.6. The van der Waals surface area contributed by atoms with Crippen LogP contribution in [0.2, 0.25) is 0 Å². The molecule has 4 aromatic rings. The number of carbonyl (C=O) groups excluding carboxylic acids is 1. The fourth-order valence-electron chi connectivity index (χ4n) is 3.53. The summed E-state index contributed by atoms with van der Waals surface area (Å²) in [6.45, 7) is -0.645. The molecule has 0 unspecified atom stereocenters. The maximum Gasteiger partial charge on any atom is 0.269 e. The highest BCUT2D eigenvalue weighted by molar-refractivity contribution is 7.92. The first-order valence-corrected chi connectivity index (χ1v) is 12.1. The van der Waals surface area contributed by atoms with Crippen molar-refractivity contribution >= 4 is 44.3 Å². The van der Waals surface area contributed by atoms with Gasteiger partial charge in [0.1, 0.15) is 12.3 Å². The Morgan fingerprint density at radius 2 is 1.64 bits per heavy atom. The smallest absolute Gasteiger partial charge is 0.269 e. The van der Waals surface area contributed by atoms with Crippen LogP contribution in [0.15, 0.2) is 101 Å². The molecule has 0 aromatic heterocycles. The van der Waals surface area contributed by atoms with Crippen molar-refractivity contribution in [1.29, 1.82) is 0 Å². The third-order valence-corrected chi connectivity index (χ3v) is 7.09. The van der Waals surface area contributed by atoms with Crippen molar-refractivity contribution in [2.45, 2.75) is 4.90 Å². The Hall–Kier alpha value is -4.77. The van der Waals surface area contributed by atoms with E-state index in [-0.39, 0.29) is 22.0 Å². The van der Waals surface area contributed by atoms with Gasteiger partial charge in [-0.25, -0.2) is 13.8 Å². The van der Waals surface area contributed by atoms with Gasteiger partial charge in [-0.05, 0) is 41.1 Å². The normalized spacial score (nSPS) is 11.4. The summed E-state index contributed by atoms with van der Waals surface area (Å²) in [7, 11) is -4.18. The second kappa shape index (κ2) is 10.2. The summed E-state index contributed by atoms with van der Waals surface area (Å²) in [6, 6.07) is 22.9. The fraction of sp³-hybridized carbons (Fsp3) is 0.0400. The number of carbonyl (C=O) groups is 1. The minimum atomic E-state index is -4.18. The molecule has 10 nitrogen and oxygen atoms in total. The Balaban J connectivity index is 1.60. The number of rotatable bonds is 8. The lowest BCUT2D eigenvalue weighted by molar-refractivity contribution is -0.384. The second-order valence-electron chi connectivity index (χ2n) is 7.61. The molecule has 0 spiro atoms. The van der Waals surface area contributed by atoms with Gasteiger partial charge in [0, 0.05) is 17.7 Å². The number of benzene rings is 4. The third-order valence-electron chi connectivity index (χ3n) is 5.30. The standard InChI is InChI=1S/C25H20N4O6S/c30-24-15-10-18-6-4-5-9-22(18)23(24)16-26-27-25(31)17-28(19-11-13-20(14-12-19)29(32)33)36(34,35)21-7-2-1-3-8-21/h1-16,30H,17H2,(H,27,31)/b26-16-. The fourth-order valence-corrected chi connectivity index (χ4v) is 4.97. The molecule has 0 radical (unpaired) electrons. The second-order valence-corrected chi connectivity index (χ2v) is 9.47. The number of anilines is 1. The van der Waals surface area contributed by atoms with E-state index in [0.717, 1.165) is 27.2 Å². The lowest BCUT2D eigenvalue weighted by Gasteiger charge is -2.23. The summed E-state index contributed by atoms with van der Waals surface area (Å²) in [6.07, 6.45) is 1.28. The summed E-state index contributed by atoms with van der Waals surface area (Å²) in [5.41, 5.74) is 2.51. The number of sulfonamides is 1. The predicted molar refractivity (Wildman–Crippen MR) is 135 cm³/mol. The lowest BCUT2D eigenvalue weighted by atomic mass is 10.0. The van der Waals surface area contributed by atoms with Crippen LogP contribution in [0, 0.1) is 10.1 Å². The molecule has 0 aliphatic heterocycles. The van der Waals surface area contributed by atoms with Crippen LogP contribution in [0.5, 0.6) is 5.75 Å². The van der Waals surface area contributed by atoms with E-state index >= 15 is 0 Å². The molecule has 0 saturated heterocycles. The molecule has 182 valence electrons. The molecule has 0 aliphatic rings. The Bertz CT molecular complexity index is 1560. The molecule has 0 heterocycles. The van der Waals surface area contributed by atoms with E-state index in [9.17, 15) is 28.4 Å². The number of amides is 1. The minimum absolute atomic E-state index is 0.0362. The highest BCUT2D eigenvalue weighted by Gasteiger charge is 2.27. The monoisotopic (exact) mass is 504 g/mol. The van der Waals surface area contributed by atoms with Gasteiger partial charge in [0.15, 0.2) is 0 Å². The van der Waals surface area contributed by atoms with Crippen molar-refractivity contribution in [3.63, 3.8) is 0 Å². The number of aromatic hydroxyl groups is 1. The largest absolute Gasteiger partial charge is 0.507 e. The quantitative estimate of drug-likeness (QED) is 0.212. The Morgan fingerprint density at radius 3 is 2.33 bits per heavy atom.